The van der Waals surface area contributed by atoms with Gasteiger partial charge in [-0.25, -0.2) is 0 Å². The molecule has 2 aromatic carbocycles. The summed E-state index contributed by atoms with van der Waals surface area (Å²) in [6.45, 7) is 0. The molecule has 0 aromatic heterocycles. The SMILES string of the molecule is O=C1c2ccccc2[SiH2]c2ccccc21. The standard InChI is InChI=1S/C13H10OSi/c14-13-9-5-1-3-7-11(9)15-12-8-4-2-6-10(12)13/h1-8H,15H2. The van der Waals surface area contributed by atoms with Crippen molar-refractivity contribution in [1.82, 2.24) is 0 Å². The number of ketones is 1. The van der Waals surface area contributed by atoms with Crippen LogP contribution in [-0.4, -0.2) is 15.3 Å². The number of benzene rings is 2. The van der Waals surface area contributed by atoms with Crippen molar-refractivity contribution in [3.05, 3.63) is 59.7 Å². The van der Waals surface area contributed by atoms with Gasteiger partial charge in [0.2, 0.25) is 0 Å². The largest absolute Gasteiger partial charge is 0.289 e. The predicted molar refractivity (Wildman–Crippen MR) is 64.1 cm³/mol. The van der Waals surface area contributed by atoms with Crippen molar-refractivity contribution in [2.45, 2.75) is 0 Å². The van der Waals surface area contributed by atoms with E-state index in [1.165, 1.54) is 10.4 Å². The highest BCUT2D eigenvalue weighted by atomic mass is 28.2. The average Bonchev–Trinajstić information content (AvgIpc) is 2.30. The van der Waals surface area contributed by atoms with E-state index in [1.807, 2.05) is 36.4 Å². The van der Waals surface area contributed by atoms with Gasteiger partial charge < -0.3 is 0 Å². The summed E-state index contributed by atoms with van der Waals surface area (Å²) in [6, 6.07) is 16.0. The van der Waals surface area contributed by atoms with Crippen molar-refractivity contribution in [1.29, 1.82) is 0 Å². The van der Waals surface area contributed by atoms with Crippen LogP contribution in [0.5, 0.6) is 0 Å². The molecule has 0 fully saturated rings. The molecule has 0 unspecified atom stereocenters. The van der Waals surface area contributed by atoms with Gasteiger partial charge in [0.15, 0.2) is 5.78 Å². The van der Waals surface area contributed by atoms with E-state index in [0.29, 0.717) is 0 Å². The molecule has 1 aliphatic heterocycles. The minimum absolute atomic E-state index is 0.194. The Balaban J connectivity index is 2.24. The smallest absolute Gasteiger partial charge is 0.192 e. The lowest BCUT2D eigenvalue weighted by Crippen LogP contribution is -2.40. The molecule has 1 nitrogen and oxygen atoms in total. The summed E-state index contributed by atoms with van der Waals surface area (Å²) in [5.41, 5.74) is 1.84. The highest BCUT2D eigenvalue weighted by Crippen LogP contribution is 2.09. The lowest BCUT2D eigenvalue weighted by molar-refractivity contribution is 0.104. The zero-order valence-electron chi connectivity index (χ0n) is 8.23. The van der Waals surface area contributed by atoms with Crippen LogP contribution < -0.4 is 10.4 Å². The monoisotopic (exact) mass is 210 g/mol. The summed E-state index contributed by atoms with van der Waals surface area (Å²) in [4.78, 5) is 12.1. The Morgan fingerprint density at radius 3 is 1.73 bits per heavy atom. The molecule has 0 bridgehead atoms. The highest BCUT2D eigenvalue weighted by molar-refractivity contribution is 6.72. The van der Waals surface area contributed by atoms with Crippen molar-refractivity contribution < 1.29 is 4.79 Å². The van der Waals surface area contributed by atoms with E-state index in [4.69, 9.17) is 0 Å². The second kappa shape index (κ2) is 3.17. The van der Waals surface area contributed by atoms with Crippen LogP contribution in [0.25, 0.3) is 0 Å². The third kappa shape index (κ3) is 1.26. The molecule has 0 spiro atoms. The van der Waals surface area contributed by atoms with E-state index in [1.54, 1.807) is 0 Å². The average molecular weight is 210 g/mol. The van der Waals surface area contributed by atoms with Gasteiger partial charge in [-0.05, 0) is 0 Å². The molecular weight excluding hydrogens is 200 g/mol. The van der Waals surface area contributed by atoms with Crippen molar-refractivity contribution >= 4 is 25.7 Å². The van der Waals surface area contributed by atoms with Gasteiger partial charge in [-0.3, -0.25) is 4.79 Å². The lowest BCUT2D eigenvalue weighted by atomic mass is 10.0. The second-order valence-electron chi connectivity index (χ2n) is 3.82. The molecule has 0 saturated heterocycles. The zero-order valence-corrected chi connectivity index (χ0v) is 9.65. The first kappa shape index (κ1) is 8.62. The van der Waals surface area contributed by atoms with Gasteiger partial charge in [-0.1, -0.05) is 58.9 Å². The van der Waals surface area contributed by atoms with Gasteiger partial charge in [0.05, 0.1) is 9.52 Å². The first-order chi connectivity index (χ1) is 7.36. The predicted octanol–water partition coefficient (Wildman–Crippen LogP) is 0.351. The first-order valence-corrected chi connectivity index (χ1v) is 6.48. The normalized spacial score (nSPS) is 13.2. The number of hydrogen-bond donors (Lipinski definition) is 0. The zero-order chi connectivity index (χ0) is 10.3. The van der Waals surface area contributed by atoms with Crippen molar-refractivity contribution in [3.63, 3.8) is 0 Å². The molecule has 2 aromatic rings. The summed E-state index contributed by atoms with van der Waals surface area (Å²) in [6.07, 6.45) is 0. The number of carbonyl (C=O) groups is 1. The number of carbonyl (C=O) groups excluding carboxylic acids is 1. The quantitative estimate of drug-likeness (QED) is 0.489. The topological polar surface area (TPSA) is 17.1 Å². The Kier molecular flexibility index (Phi) is 1.82. The first-order valence-electron chi connectivity index (χ1n) is 5.07. The maximum atomic E-state index is 12.1. The molecule has 3 rings (SSSR count). The molecule has 0 atom stereocenters. The maximum absolute atomic E-state index is 12.1. The summed E-state index contributed by atoms with van der Waals surface area (Å²) < 4.78 is 0. The molecule has 1 aliphatic rings. The molecule has 0 amide bonds. The van der Waals surface area contributed by atoms with Crippen molar-refractivity contribution in [2.24, 2.45) is 0 Å². The molecule has 1 heterocycles. The van der Waals surface area contributed by atoms with E-state index < -0.39 is 9.52 Å². The summed E-state index contributed by atoms with van der Waals surface area (Å²) >= 11 is 0. The van der Waals surface area contributed by atoms with Gasteiger partial charge in [0.25, 0.3) is 0 Å². The third-order valence-electron chi connectivity index (χ3n) is 2.90. The van der Waals surface area contributed by atoms with Crippen LogP contribution in [0.3, 0.4) is 0 Å². The van der Waals surface area contributed by atoms with Crippen molar-refractivity contribution in [2.75, 3.05) is 0 Å². The van der Waals surface area contributed by atoms with Gasteiger partial charge in [-0.15, -0.1) is 0 Å². The van der Waals surface area contributed by atoms with Gasteiger partial charge >= 0.3 is 0 Å². The summed E-state index contributed by atoms with van der Waals surface area (Å²) in [5, 5.41) is 2.56. The molecular formula is C13H10OSi. The molecule has 0 aliphatic carbocycles. The maximum Gasteiger partial charge on any atom is 0.192 e. The Morgan fingerprint density at radius 2 is 1.20 bits per heavy atom. The Hall–Kier alpha value is -1.67. The molecule has 2 heteroatoms. The Labute approximate surface area is 90.6 Å². The van der Waals surface area contributed by atoms with Gasteiger partial charge in [0, 0.05) is 11.1 Å². The Bertz CT molecular complexity index is 498. The van der Waals surface area contributed by atoms with Gasteiger partial charge in [-0.2, -0.15) is 0 Å². The molecule has 0 radical (unpaired) electrons. The number of fused-ring (bicyclic) bond motifs is 2. The minimum Gasteiger partial charge on any atom is -0.289 e. The fourth-order valence-electron chi connectivity index (χ4n) is 2.14. The van der Waals surface area contributed by atoms with Crippen LogP contribution in [0, 0.1) is 0 Å². The van der Waals surface area contributed by atoms with E-state index >= 15 is 0 Å². The van der Waals surface area contributed by atoms with Crippen LogP contribution in [-0.2, 0) is 0 Å². The molecule has 15 heavy (non-hydrogen) atoms. The Morgan fingerprint density at radius 1 is 0.733 bits per heavy atom. The van der Waals surface area contributed by atoms with Crippen molar-refractivity contribution in [3.8, 4) is 0 Å². The van der Waals surface area contributed by atoms with Crippen LogP contribution >= 0.6 is 0 Å². The van der Waals surface area contributed by atoms with E-state index in [0.717, 1.165) is 11.1 Å². The highest BCUT2D eigenvalue weighted by Gasteiger charge is 2.21. The number of rotatable bonds is 0. The summed E-state index contributed by atoms with van der Waals surface area (Å²) in [5.74, 6) is 0.194. The van der Waals surface area contributed by atoms with E-state index in [2.05, 4.69) is 12.1 Å². The molecule has 72 valence electrons. The molecule has 0 N–H and O–H groups in total. The summed E-state index contributed by atoms with van der Waals surface area (Å²) in [7, 11) is -0.447. The van der Waals surface area contributed by atoms with Crippen LogP contribution in [0.4, 0.5) is 0 Å². The minimum atomic E-state index is -0.447. The molecule has 0 saturated carbocycles. The lowest BCUT2D eigenvalue weighted by Gasteiger charge is -2.17. The fraction of sp³-hybridized carbons (Fsp3) is 0. The van der Waals surface area contributed by atoms with Crippen LogP contribution in [0.15, 0.2) is 48.5 Å². The van der Waals surface area contributed by atoms with Crippen LogP contribution in [0.1, 0.15) is 15.9 Å². The van der Waals surface area contributed by atoms with E-state index in [-0.39, 0.29) is 5.78 Å². The number of hydrogen-bond acceptors (Lipinski definition) is 1. The third-order valence-corrected chi connectivity index (χ3v) is 4.90. The van der Waals surface area contributed by atoms with Crippen LogP contribution in [0.2, 0.25) is 0 Å². The fourth-order valence-corrected chi connectivity index (χ4v) is 4.00. The van der Waals surface area contributed by atoms with E-state index in [9.17, 15) is 4.79 Å². The van der Waals surface area contributed by atoms with Gasteiger partial charge in [0.1, 0.15) is 0 Å². The second-order valence-corrected chi connectivity index (χ2v) is 5.70.